The standard InChI is InChI=1S/C31H31N3O5S/c1-7-39-30(36)26-18(2)32-31-34(29(35)25(40-31)16-19-8-12-21(13-9-19)33(3)4)28(26)27-23-17-22(37-5)14-10-20(23)11-15-24(27)38-6/h8-17,28H,7H2,1-6H3/b25-16-/t28-/m1/s1. The van der Waals surface area contributed by atoms with Crippen molar-refractivity contribution >= 4 is 39.8 Å². The fourth-order valence-corrected chi connectivity index (χ4v) is 6.02. The van der Waals surface area contributed by atoms with Crippen molar-refractivity contribution in [3.63, 3.8) is 0 Å². The molecular weight excluding hydrogens is 526 g/mol. The van der Waals surface area contributed by atoms with Crippen LogP contribution in [0.25, 0.3) is 16.8 Å². The van der Waals surface area contributed by atoms with Crippen LogP contribution in [0.15, 0.2) is 75.7 Å². The molecule has 0 saturated heterocycles. The number of ether oxygens (including phenoxy) is 3. The second-order valence-corrected chi connectivity index (χ2v) is 10.6. The molecule has 1 aliphatic heterocycles. The zero-order valence-electron chi connectivity index (χ0n) is 23.3. The van der Waals surface area contributed by atoms with Gasteiger partial charge >= 0.3 is 5.97 Å². The molecule has 8 nitrogen and oxygen atoms in total. The van der Waals surface area contributed by atoms with Gasteiger partial charge in [0.15, 0.2) is 4.80 Å². The number of carbonyl (C=O) groups is 1. The van der Waals surface area contributed by atoms with Crippen molar-refractivity contribution in [3.8, 4) is 11.5 Å². The fraction of sp³-hybridized carbons (Fsp3) is 0.258. The topological polar surface area (TPSA) is 82.4 Å². The average Bonchev–Trinajstić information content (AvgIpc) is 3.25. The molecule has 0 radical (unpaired) electrons. The molecule has 5 rings (SSSR count). The molecule has 0 unspecified atom stereocenters. The van der Waals surface area contributed by atoms with E-state index in [1.54, 1.807) is 32.6 Å². The molecule has 1 atom stereocenters. The van der Waals surface area contributed by atoms with Gasteiger partial charge in [0.25, 0.3) is 5.56 Å². The molecule has 0 spiro atoms. The number of benzene rings is 3. The summed E-state index contributed by atoms with van der Waals surface area (Å²) in [7, 11) is 7.14. The Hall–Kier alpha value is -4.37. The lowest BCUT2D eigenvalue weighted by molar-refractivity contribution is -0.139. The largest absolute Gasteiger partial charge is 0.497 e. The van der Waals surface area contributed by atoms with E-state index in [4.69, 9.17) is 19.2 Å². The van der Waals surface area contributed by atoms with E-state index in [9.17, 15) is 9.59 Å². The first-order valence-electron chi connectivity index (χ1n) is 12.9. The first-order valence-corrected chi connectivity index (χ1v) is 13.7. The van der Waals surface area contributed by atoms with Crippen molar-refractivity contribution < 1.29 is 19.0 Å². The van der Waals surface area contributed by atoms with Gasteiger partial charge in [0, 0.05) is 25.3 Å². The van der Waals surface area contributed by atoms with Crippen LogP contribution in [0.4, 0.5) is 5.69 Å². The number of allylic oxidation sites excluding steroid dienone is 1. The minimum absolute atomic E-state index is 0.191. The Balaban J connectivity index is 1.81. The summed E-state index contributed by atoms with van der Waals surface area (Å²) in [6.07, 6.45) is 1.85. The van der Waals surface area contributed by atoms with Crippen LogP contribution >= 0.6 is 11.3 Å². The lowest BCUT2D eigenvalue weighted by Gasteiger charge is -2.27. The van der Waals surface area contributed by atoms with Crippen LogP contribution < -0.4 is 29.3 Å². The number of rotatable bonds is 7. The molecule has 2 heterocycles. The van der Waals surface area contributed by atoms with Gasteiger partial charge < -0.3 is 19.1 Å². The van der Waals surface area contributed by atoms with Crippen molar-refractivity contribution in [3.05, 3.63) is 96.7 Å². The van der Waals surface area contributed by atoms with Gasteiger partial charge in [-0.25, -0.2) is 9.79 Å². The Bertz CT molecular complexity index is 1810. The van der Waals surface area contributed by atoms with Crippen LogP contribution in [0.2, 0.25) is 0 Å². The molecule has 0 saturated carbocycles. The molecule has 206 valence electrons. The zero-order chi connectivity index (χ0) is 28.6. The molecule has 1 aliphatic rings. The number of carbonyl (C=O) groups excluding carboxylic acids is 1. The Morgan fingerprint density at radius 2 is 1.80 bits per heavy atom. The maximum absolute atomic E-state index is 14.1. The number of hydrogen-bond donors (Lipinski definition) is 0. The highest BCUT2D eigenvalue weighted by molar-refractivity contribution is 7.07. The molecule has 4 aromatic rings. The van der Waals surface area contributed by atoms with E-state index in [2.05, 4.69) is 0 Å². The number of thiazole rings is 1. The summed E-state index contributed by atoms with van der Waals surface area (Å²) < 4.78 is 18.9. The Labute approximate surface area is 236 Å². The van der Waals surface area contributed by atoms with E-state index in [0.29, 0.717) is 37.7 Å². The Morgan fingerprint density at radius 3 is 2.45 bits per heavy atom. The number of aromatic nitrogens is 1. The highest BCUT2D eigenvalue weighted by Gasteiger charge is 2.36. The van der Waals surface area contributed by atoms with Crippen LogP contribution in [0, 0.1) is 0 Å². The summed E-state index contributed by atoms with van der Waals surface area (Å²) in [5, 5.41) is 1.71. The molecule has 9 heteroatoms. The first kappa shape index (κ1) is 27.2. The van der Waals surface area contributed by atoms with Gasteiger partial charge in [-0.05, 0) is 66.6 Å². The van der Waals surface area contributed by atoms with Gasteiger partial charge in [0.1, 0.15) is 17.5 Å². The normalized spacial score (nSPS) is 15.1. The molecular formula is C31H31N3O5S. The van der Waals surface area contributed by atoms with Crippen molar-refractivity contribution in [1.82, 2.24) is 4.57 Å². The molecule has 0 bridgehead atoms. The molecule has 1 aromatic heterocycles. The van der Waals surface area contributed by atoms with E-state index in [-0.39, 0.29) is 12.2 Å². The predicted molar refractivity (Wildman–Crippen MR) is 158 cm³/mol. The maximum Gasteiger partial charge on any atom is 0.338 e. The summed E-state index contributed by atoms with van der Waals surface area (Å²) in [5.74, 6) is 0.661. The quantitative estimate of drug-likeness (QED) is 0.319. The van der Waals surface area contributed by atoms with Gasteiger partial charge in [-0.1, -0.05) is 35.6 Å². The third-order valence-electron chi connectivity index (χ3n) is 6.95. The second kappa shape index (κ2) is 11.0. The number of fused-ring (bicyclic) bond motifs is 2. The molecule has 0 aliphatic carbocycles. The Morgan fingerprint density at radius 1 is 1.07 bits per heavy atom. The predicted octanol–water partition coefficient (Wildman–Crippen LogP) is 4.03. The second-order valence-electron chi connectivity index (χ2n) is 9.56. The number of esters is 1. The summed E-state index contributed by atoms with van der Waals surface area (Å²) >= 11 is 1.29. The van der Waals surface area contributed by atoms with E-state index >= 15 is 0 Å². The van der Waals surface area contributed by atoms with Gasteiger partial charge in [0.2, 0.25) is 0 Å². The van der Waals surface area contributed by atoms with Crippen LogP contribution in [-0.4, -0.2) is 45.5 Å². The van der Waals surface area contributed by atoms with Crippen LogP contribution in [0.5, 0.6) is 11.5 Å². The van der Waals surface area contributed by atoms with Gasteiger partial charge in [-0.3, -0.25) is 9.36 Å². The minimum atomic E-state index is -0.820. The van der Waals surface area contributed by atoms with Crippen molar-refractivity contribution in [2.24, 2.45) is 4.99 Å². The molecule has 0 N–H and O–H groups in total. The first-order chi connectivity index (χ1) is 19.3. The fourth-order valence-electron chi connectivity index (χ4n) is 4.97. The van der Waals surface area contributed by atoms with Crippen LogP contribution in [-0.2, 0) is 9.53 Å². The lowest BCUT2D eigenvalue weighted by atomic mass is 9.90. The van der Waals surface area contributed by atoms with Gasteiger partial charge in [-0.2, -0.15) is 0 Å². The molecule has 40 heavy (non-hydrogen) atoms. The monoisotopic (exact) mass is 557 g/mol. The summed E-state index contributed by atoms with van der Waals surface area (Å²) in [6.45, 7) is 3.72. The SMILES string of the molecule is CCOC(=O)C1=C(C)N=c2s/c(=C\c3ccc(N(C)C)cc3)c(=O)n2[C@H]1c1c(OC)ccc2ccc(OC)cc12. The number of nitrogens with zero attached hydrogens (tertiary/aromatic N) is 3. The number of methoxy groups -OCH3 is 2. The van der Waals surface area contributed by atoms with Gasteiger partial charge in [0.05, 0.1) is 36.6 Å². The van der Waals surface area contributed by atoms with Crippen molar-refractivity contribution in [1.29, 1.82) is 0 Å². The van der Waals surface area contributed by atoms with E-state index < -0.39 is 12.0 Å². The molecule has 3 aromatic carbocycles. The van der Waals surface area contributed by atoms with Crippen molar-refractivity contribution in [2.45, 2.75) is 19.9 Å². The van der Waals surface area contributed by atoms with Crippen LogP contribution in [0.1, 0.15) is 31.0 Å². The minimum Gasteiger partial charge on any atom is -0.497 e. The summed E-state index contributed by atoms with van der Waals surface area (Å²) in [6, 6.07) is 16.6. The third-order valence-corrected chi connectivity index (χ3v) is 7.93. The van der Waals surface area contributed by atoms with Crippen molar-refractivity contribution in [2.75, 3.05) is 39.8 Å². The smallest absolute Gasteiger partial charge is 0.338 e. The highest BCUT2D eigenvalue weighted by Crippen LogP contribution is 2.41. The van der Waals surface area contributed by atoms with E-state index in [0.717, 1.165) is 22.0 Å². The molecule has 0 amide bonds. The highest BCUT2D eigenvalue weighted by atomic mass is 32.1. The third kappa shape index (κ3) is 4.77. The number of anilines is 1. The van der Waals surface area contributed by atoms with E-state index in [1.807, 2.05) is 79.7 Å². The summed E-state index contributed by atoms with van der Waals surface area (Å²) in [5.41, 5.74) is 3.16. The number of hydrogen-bond acceptors (Lipinski definition) is 8. The average molecular weight is 558 g/mol. The zero-order valence-corrected chi connectivity index (χ0v) is 24.2. The summed E-state index contributed by atoms with van der Waals surface area (Å²) in [4.78, 5) is 34.8. The lowest BCUT2D eigenvalue weighted by Crippen LogP contribution is -2.40. The Kier molecular flexibility index (Phi) is 7.49. The molecule has 0 fully saturated rings. The maximum atomic E-state index is 14.1. The van der Waals surface area contributed by atoms with Gasteiger partial charge in [-0.15, -0.1) is 0 Å². The van der Waals surface area contributed by atoms with E-state index in [1.165, 1.54) is 11.3 Å². The van der Waals surface area contributed by atoms with Crippen LogP contribution in [0.3, 0.4) is 0 Å².